The number of nitrogens with one attached hydrogen (secondary N) is 1. The summed E-state index contributed by atoms with van der Waals surface area (Å²) >= 11 is 17.5. The smallest absolute Gasteiger partial charge is 0.182 e. The van der Waals surface area contributed by atoms with Gasteiger partial charge < -0.3 is 9.72 Å². The predicted octanol–water partition coefficient (Wildman–Crippen LogP) is 5.00. The molecule has 0 radical (unpaired) electrons. The van der Waals surface area contributed by atoms with E-state index in [4.69, 9.17) is 40.2 Å². The molecule has 1 aromatic heterocycles. The standard InChI is InChI=1S/C14H10Cl2N2OS/c1-19-13-7-9(3-4-10(13)16)18-12-6-8(15)2-5-11(12)17-14(18)20/h2-7H,1H3,(H,17,20). The fourth-order valence-corrected chi connectivity index (χ4v) is 2.79. The van der Waals surface area contributed by atoms with Gasteiger partial charge in [0.2, 0.25) is 0 Å². The molecule has 3 nitrogen and oxygen atoms in total. The molecule has 0 fully saturated rings. The molecule has 0 atom stereocenters. The van der Waals surface area contributed by atoms with Crippen LogP contribution in [0.15, 0.2) is 36.4 Å². The van der Waals surface area contributed by atoms with Gasteiger partial charge in [-0.2, -0.15) is 0 Å². The Morgan fingerprint density at radius 1 is 1.15 bits per heavy atom. The van der Waals surface area contributed by atoms with Gasteiger partial charge in [-0.1, -0.05) is 23.2 Å². The molecule has 20 heavy (non-hydrogen) atoms. The Kier molecular flexibility index (Phi) is 3.46. The highest BCUT2D eigenvalue weighted by atomic mass is 35.5. The lowest BCUT2D eigenvalue weighted by Crippen LogP contribution is -1.95. The quantitative estimate of drug-likeness (QED) is 0.672. The van der Waals surface area contributed by atoms with Crippen molar-refractivity contribution in [2.45, 2.75) is 0 Å². The third kappa shape index (κ3) is 2.20. The Hall–Kier alpha value is -1.49. The number of hydrogen-bond acceptors (Lipinski definition) is 2. The first-order valence-corrected chi connectivity index (χ1v) is 7.01. The third-order valence-corrected chi connectivity index (χ3v) is 3.87. The molecule has 2 aromatic carbocycles. The van der Waals surface area contributed by atoms with Crippen molar-refractivity contribution in [3.05, 3.63) is 51.2 Å². The van der Waals surface area contributed by atoms with Crippen molar-refractivity contribution < 1.29 is 4.74 Å². The van der Waals surface area contributed by atoms with Gasteiger partial charge in [-0.25, -0.2) is 0 Å². The molecule has 0 aliphatic heterocycles. The van der Waals surface area contributed by atoms with Crippen LogP contribution >= 0.6 is 35.4 Å². The lowest BCUT2D eigenvalue weighted by molar-refractivity contribution is 0.415. The van der Waals surface area contributed by atoms with E-state index in [0.29, 0.717) is 20.6 Å². The van der Waals surface area contributed by atoms with E-state index in [0.717, 1.165) is 16.7 Å². The molecule has 102 valence electrons. The van der Waals surface area contributed by atoms with Crippen molar-refractivity contribution in [1.82, 2.24) is 9.55 Å². The van der Waals surface area contributed by atoms with Crippen LogP contribution in [-0.2, 0) is 0 Å². The minimum atomic E-state index is 0.556. The number of halogens is 2. The van der Waals surface area contributed by atoms with Crippen LogP contribution in [0, 0.1) is 4.77 Å². The maximum absolute atomic E-state index is 6.06. The number of nitrogens with zero attached hydrogens (tertiary/aromatic N) is 1. The minimum absolute atomic E-state index is 0.556. The SMILES string of the molecule is COc1cc(-n2c(=S)[nH]c3ccc(Cl)cc32)ccc1Cl. The summed E-state index contributed by atoms with van der Waals surface area (Å²) < 4.78 is 7.73. The molecule has 0 amide bonds. The molecule has 3 rings (SSSR count). The molecule has 0 unspecified atom stereocenters. The highest BCUT2D eigenvalue weighted by Crippen LogP contribution is 2.29. The molecule has 0 spiro atoms. The number of imidazole rings is 1. The van der Waals surface area contributed by atoms with E-state index in [2.05, 4.69) is 4.98 Å². The molecule has 0 aliphatic rings. The third-order valence-electron chi connectivity index (χ3n) is 3.04. The predicted molar refractivity (Wildman–Crippen MR) is 85.0 cm³/mol. The van der Waals surface area contributed by atoms with Crippen LogP contribution in [-0.4, -0.2) is 16.7 Å². The maximum Gasteiger partial charge on any atom is 0.182 e. The maximum atomic E-state index is 6.06. The Morgan fingerprint density at radius 2 is 1.95 bits per heavy atom. The number of rotatable bonds is 2. The van der Waals surface area contributed by atoms with E-state index in [-0.39, 0.29) is 0 Å². The van der Waals surface area contributed by atoms with E-state index in [1.807, 2.05) is 34.9 Å². The van der Waals surface area contributed by atoms with Crippen molar-refractivity contribution in [2.75, 3.05) is 7.11 Å². The van der Waals surface area contributed by atoms with E-state index >= 15 is 0 Å². The Balaban J connectivity index is 2.31. The van der Waals surface area contributed by atoms with Crippen molar-refractivity contribution in [3.63, 3.8) is 0 Å². The zero-order chi connectivity index (χ0) is 14.3. The van der Waals surface area contributed by atoms with Crippen molar-refractivity contribution >= 4 is 46.5 Å². The molecular weight excluding hydrogens is 315 g/mol. The van der Waals surface area contributed by atoms with Crippen LogP contribution in [0.25, 0.3) is 16.7 Å². The van der Waals surface area contributed by atoms with E-state index in [1.165, 1.54) is 0 Å². The first-order valence-electron chi connectivity index (χ1n) is 5.84. The van der Waals surface area contributed by atoms with Gasteiger partial charge in [0.25, 0.3) is 0 Å². The number of ether oxygens (including phenoxy) is 1. The lowest BCUT2D eigenvalue weighted by atomic mass is 10.2. The first kappa shape index (κ1) is 13.5. The van der Waals surface area contributed by atoms with Crippen LogP contribution in [0.4, 0.5) is 0 Å². The van der Waals surface area contributed by atoms with E-state index in [9.17, 15) is 0 Å². The second-order valence-electron chi connectivity index (χ2n) is 4.25. The second-order valence-corrected chi connectivity index (χ2v) is 5.48. The van der Waals surface area contributed by atoms with Gasteiger partial charge >= 0.3 is 0 Å². The molecule has 0 aliphatic carbocycles. The van der Waals surface area contributed by atoms with Crippen molar-refractivity contribution in [3.8, 4) is 11.4 Å². The molecule has 3 aromatic rings. The van der Waals surface area contributed by atoms with Crippen molar-refractivity contribution in [2.24, 2.45) is 0 Å². The fraction of sp³-hybridized carbons (Fsp3) is 0.0714. The number of aromatic amines is 1. The second kappa shape index (κ2) is 5.13. The molecule has 6 heteroatoms. The number of hydrogen-bond donors (Lipinski definition) is 1. The van der Waals surface area contributed by atoms with Gasteiger partial charge in [0.1, 0.15) is 5.75 Å². The first-order chi connectivity index (χ1) is 9.60. The number of aromatic nitrogens is 2. The average Bonchev–Trinajstić information content (AvgIpc) is 2.75. The topological polar surface area (TPSA) is 29.9 Å². The van der Waals surface area contributed by atoms with Crippen LogP contribution in [0.1, 0.15) is 0 Å². The Labute approximate surface area is 130 Å². The molecule has 0 saturated carbocycles. The Bertz CT molecular complexity index is 854. The highest BCUT2D eigenvalue weighted by molar-refractivity contribution is 7.71. The fourth-order valence-electron chi connectivity index (χ4n) is 2.12. The van der Waals surface area contributed by atoms with Gasteiger partial charge in [0, 0.05) is 11.1 Å². The molecule has 1 N–H and O–H groups in total. The monoisotopic (exact) mass is 324 g/mol. The summed E-state index contributed by atoms with van der Waals surface area (Å²) in [6, 6.07) is 11.1. The van der Waals surface area contributed by atoms with Gasteiger partial charge in [-0.05, 0) is 42.5 Å². The number of H-pyrrole nitrogens is 1. The normalized spacial score (nSPS) is 10.9. The molecular formula is C14H10Cl2N2OS. The summed E-state index contributed by atoms with van der Waals surface area (Å²) in [6.07, 6.45) is 0. The van der Waals surface area contributed by atoms with Crippen LogP contribution in [0.3, 0.4) is 0 Å². The highest BCUT2D eigenvalue weighted by Gasteiger charge is 2.09. The zero-order valence-corrected chi connectivity index (χ0v) is 12.8. The largest absolute Gasteiger partial charge is 0.495 e. The van der Waals surface area contributed by atoms with Crippen LogP contribution < -0.4 is 4.74 Å². The Morgan fingerprint density at radius 3 is 2.70 bits per heavy atom. The van der Waals surface area contributed by atoms with Gasteiger partial charge in [-0.3, -0.25) is 4.57 Å². The summed E-state index contributed by atoms with van der Waals surface area (Å²) in [4.78, 5) is 3.15. The summed E-state index contributed by atoms with van der Waals surface area (Å²) in [5.74, 6) is 0.599. The van der Waals surface area contributed by atoms with Crippen LogP contribution in [0.5, 0.6) is 5.75 Å². The van der Waals surface area contributed by atoms with Crippen molar-refractivity contribution in [1.29, 1.82) is 0 Å². The molecule has 1 heterocycles. The van der Waals surface area contributed by atoms with E-state index in [1.54, 1.807) is 13.2 Å². The van der Waals surface area contributed by atoms with E-state index < -0.39 is 0 Å². The van der Waals surface area contributed by atoms with Gasteiger partial charge in [0.05, 0.1) is 28.9 Å². The summed E-state index contributed by atoms with van der Waals surface area (Å²) in [6.45, 7) is 0. The summed E-state index contributed by atoms with van der Waals surface area (Å²) in [5, 5.41) is 1.21. The van der Waals surface area contributed by atoms with Gasteiger partial charge in [0.15, 0.2) is 4.77 Å². The van der Waals surface area contributed by atoms with Crippen LogP contribution in [0.2, 0.25) is 10.0 Å². The summed E-state index contributed by atoms with van der Waals surface area (Å²) in [7, 11) is 1.58. The number of fused-ring (bicyclic) bond motifs is 1. The molecule has 0 saturated heterocycles. The zero-order valence-electron chi connectivity index (χ0n) is 10.5. The summed E-state index contributed by atoms with van der Waals surface area (Å²) in [5.41, 5.74) is 2.70. The molecule has 0 bridgehead atoms. The van der Waals surface area contributed by atoms with Gasteiger partial charge in [-0.15, -0.1) is 0 Å². The number of benzene rings is 2. The average molecular weight is 325 g/mol. The lowest BCUT2D eigenvalue weighted by Gasteiger charge is -2.08. The number of methoxy groups -OCH3 is 1. The minimum Gasteiger partial charge on any atom is -0.495 e.